The molecule has 2 nitrogen and oxygen atoms in total. The van der Waals surface area contributed by atoms with E-state index in [2.05, 4.69) is 6.58 Å². The third-order valence-corrected chi connectivity index (χ3v) is 1.92. The molecule has 0 unspecified atom stereocenters. The molecule has 0 aliphatic rings. The molecule has 14 heavy (non-hydrogen) atoms. The van der Waals surface area contributed by atoms with Crippen LogP contribution in [0.4, 0.5) is 0 Å². The Morgan fingerprint density at radius 3 is 2.43 bits per heavy atom. The largest absolute Gasteiger partial charge is 0.478 e. The van der Waals surface area contributed by atoms with Crippen LogP contribution in [0.2, 0.25) is 0 Å². The molecule has 0 amide bonds. The predicted molar refractivity (Wildman–Crippen MR) is 56.9 cm³/mol. The van der Waals surface area contributed by atoms with Gasteiger partial charge in [0, 0.05) is 0 Å². The predicted octanol–water partition coefficient (Wildman–Crippen LogP) is 2.73. The number of hydrogen-bond donors (Lipinski definition) is 1. The molecule has 0 aliphatic heterocycles. The minimum Gasteiger partial charge on any atom is -0.478 e. The average molecular weight is 188 g/mol. The highest BCUT2D eigenvalue weighted by Gasteiger charge is 2.04. The van der Waals surface area contributed by atoms with Crippen LogP contribution in [-0.2, 0) is 4.79 Å². The normalized spacial score (nSPS) is 11.1. The van der Waals surface area contributed by atoms with Crippen LogP contribution in [0.1, 0.15) is 12.5 Å². The fourth-order valence-electron chi connectivity index (χ4n) is 1.06. The number of hydrogen-bond acceptors (Lipinski definition) is 1. The number of carbonyl (C=O) groups is 1. The summed E-state index contributed by atoms with van der Waals surface area (Å²) in [5.74, 6) is -0.977. The summed E-state index contributed by atoms with van der Waals surface area (Å²) in [5.41, 5.74) is 1.78. The van der Waals surface area contributed by atoms with E-state index in [0.717, 1.165) is 5.56 Å². The smallest absolute Gasteiger partial charge is 0.335 e. The van der Waals surface area contributed by atoms with Crippen molar-refractivity contribution in [1.82, 2.24) is 0 Å². The van der Waals surface area contributed by atoms with Crippen LogP contribution in [0.5, 0.6) is 0 Å². The minimum absolute atomic E-state index is 0.133. The molecule has 0 atom stereocenters. The van der Waals surface area contributed by atoms with Gasteiger partial charge in [-0.1, -0.05) is 43.0 Å². The van der Waals surface area contributed by atoms with Crippen molar-refractivity contribution < 1.29 is 9.90 Å². The Hall–Kier alpha value is -1.83. The highest BCUT2D eigenvalue weighted by Crippen LogP contribution is 2.12. The van der Waals surface area contributed by atoms with Crippen molar-refractivity contribution in [3.63, 3.8) is 0 Å². The van der Waals surface area contributed by atoms with E-state index in [9.17, 15) is 4.79 Å². The summed E-state index contributed by atoms with van der Waals surface area (Å²) >= 11 is 0. The quantitative estimate of drug-likeness (QED) is 0.585. The summed E-state index contributed by atoms with van der Waals surface area (Å²) in [6.45, 7) is 5.22. The van der Waals surface area contributed by atoms with E-state index in [1.54, 1.807) is 13.0 Å². The topological polar surface area (TPSA) is 37.3 Å². The molecule has 1 aromatic carbocycles. The molecule has 1 rings (SSSR count). The molecule has 0 aromatic heterocycles. The van der Waals surface area contributed by atoms with Gasteiger partial charge < -0.3 is 5.11 Å². The van der Waals surface area contributed by atoms with Crippen LogP contribution < -0.4 is 0 Å². The minimum atomic E-state index is -0.977. The maximum atomic E-state index is 10.6. The van der Waals surface area contributed by atoms with Crippen molar-refractivity contribution in [1.29, 1.82) is 0 Å². The highest BCUT2D eigenvalue weighted by molar-refractivity contribution is 5.92. The summed E-state index contributed by atoms with van der Waals surface area (Å²) in [7, 11) is 0. The molecule has 0 fully saturated rings. The van der Waals surface area contributed by atoms with Crippen molar-refractivity contribution in [3.8, 4) is 0 Å². The fourth-order valence-corrected chi connectivity index (χ4v) is 1.06. The first-order valence-corrected chi connectivity index (χ1v) is 4.27. The lowest BCUT2D eigenvalue weighted by molar-refractivity contribution is -0.132. The highest BCUT2D eigenvalue weighted by atomic mass is 16.4. The number of benzene rings is 1. The van der Waals surface area contributed by atoms with Crippen molar-refractivity contribution in [3.05, 3.63) is 53.6 Å². The maximum Gasteiger partial charge on any atom is 0.335 e. The Morgan fingerprint density at radius 1 is 1.36 bits per heavy atom. The standard InChI is InChI=1S/C12H12O2/c1-9(10(2)12(13)14)8-11-6-4-3-5-7-11/h3-8H,2H2,1H3,(H,13,14)/b9-8+. The van der Waals surface area contributed by atoms with Gasteiger partial charge in [0.25, 0.3) is 0 Å². The molecule has 0 bridgehead atoms. The first-order chi connectivity index (χ1) is 6.61. The summed E-state index contributed by atoms with van der Waals surface area (Å²) in [5, 5.41) is 8.69. The molecule has 0 saturated carbocycles. The maximum absolute atomic E-state index is 10.6. The van der Waals surface area contributed by atoms with Gasteiger partial charge in [-0.05, 0) is 18.1 Å². The van der Waals surface area contributed by atoms with Crippen LogP contribution in [0.3, 0.4) is 0 Å². The Labute approximate surface area is 83.2 Å². The average Bonchev–Trinajstić information content (AvgIpc) is 2.18. The van der Waals surface area contributed by atoms with Gasteiger partial charge in [-0.2, -0.15) is 0 Å². The van der Waals surface area contributed by atoms with E-state index in [1.807, 2.05) is 30.3 Å². The van der Waals surface area contributed by atoms with Crippen LogP contribution in [0, 0.1) is 0 Å². The van der Waals surface area contributed by atoms with E-state index in [-0.39, 0.29) is 5.57 Å². The Bertz CT molecular complexity index is 375. The summed E-state index contributed by atoms with van der Waals surface area (Å²) in [6.07, 6.45) is 1.80. The molecule has 1 N–H and O–H groups in total. The third kappa shape index (κ3) is 2.59. The lowest BCUT2D eigenvalue weighted by atomic mass is 10.1. The van der Waals surface area contributed by atoms with Gasteiger partial charge in [-0.15, -0.1) is 0 Å². The second kappa shape index (κ2) is 4.42. The van der Waals surface area contributed by atoms with Crippen LogP contribution >= 0.6 is 0 Å². The second-order valence-corrected chi connectivity index (χ2v) is 3.02. The Morgan fingerprint density at radius 2 is 1.93 bits per heavy atom. The first kappa shape index (κ1) is 10.3. The van der Waals surface area contributed by atoms with Gasteiger partial charge in [0.15, 0.2) is 0 Å². The van der Waals surface area contributed by atoms with Crippen molar-refractivity contribution in [2.75, 3.05) is 0 Å². The number of carboxylic acids is 1. The number of carboxylic acid groups (broad SMARTS) is 1. The van der Waals surface area contributed by atoms with Crippen LogP contribution in [0.15, 0.2) is 48.1 Å². The van der Waals surface area contributed by atoms with Crippen LogP contribution in [-0.4, -0.2) is 11.1 Å². The number of aliphatic carboxylic acids is 1. The third-order valence-electron chi connectivity index (χ3n) is 1.92. The lowest BCUT2D eigenvalue weighted by Crippen LogP contribution is -1.99. The molecule has 0 heterocycles. The second-order valence-electron chi connectivity index (χ2n) is 3.02. The van der Waals surface area contributed by atoms with Crippen LogP contribution in [0.25, 0.3) is 6.08 Å². The van der Waals surface area contributed by atoms with E-state index in [0.29, 0.717) is 5.57 Å². The molecule has 0 radical (unpaired) electrons. The zero-order chi connectivity index (χ0) is 10.6. The van der Waals surface area contributed by atoms with Gasteiger partial charge in [0.2, 0.25) is 0 Å². The monoisotopic (exact) mass is 188 g/mol. The van der Waals surface area contributed by atoms with Crippen molar-refractivity contribution in [2.24, 2.45) is 0 Å². The summed E-state index contributed by atoms with van der Waals surface area (Å²) in [6, 6.07) is 9.56. The van der Waals surface area contributed by atoms with E-state index in [1.165, 1.54) is 0 Å². The first-order valence-electron chi connectivity index (χ1n) is 4.27. The van der Waals surface area contributed by atoms with E-state index >= 15 is 0 Å². The van der Waals surface area contributed by atoms with Gasteiger partial charge >= 0.3 is 5.97 Å². The zero-order valence-corrected chi connectivity index (χ0v) is 8.03. The lowest BCUT2D eigenvalue weighted by Gasteiger charge is -2.00. The summed E-state index contributed by atoms with van der Waals surface area (Å²) < 4.78 is 0. The number of rotatable bonds is 3. The SMILES string of the molecule is C=C(C(=O)O)/C(C)=C/c1ccccc1. The van der Waals surface area contributed by atoms with Gasteiger partial charge in [0.05, 0.1) is 5.57 Å². The van der Waals surface area contributed by atoms with Gasteiger partial charge in [0.1, 0.15) is 0 Å². The summed E-state index contributed by atoms with van der Waals surface area (Å²) in [4.78, 5) is 10.6. The molecular weight excluding hydrogens is 176 g/mol. The van der Waals surface area contributed by atoms with Gasteiger partial charge in [-0.3, -0.25) is 0 Å². The molecular formula is C12H12O2. The zero-order valence-electron chi connectivity index (χ0n) is 8.03. The van der Waals surface area contributed by atoms with Crippen molar-refractivity contribution in [2.45, 2.75) is 6.92 Å². The van der Waals surface area contributed by atoms with E-state index < -0.39 is 5.97 Å². The molecule has 72 valence electrons. The Balaban J connectivity index is 2.90. The molecule has 0 spiro atoms. The molecule has 0 aliphatic carbocycles. The molecule has 2 heteroatoms. The van der Waals surface area contributed by atoms with Gasteiger partial charge in [-0.25, -0.2) is 4.79 Å². The fraction of sp³-hybridized carbons (Fsp3) is 0.0833. The Kier molecular flexibility index (Phi) is 3.24. The van der Waals surface area contributed by atoms with Crippen molar-refractivity contribution >= 4 is 12.0 Å². The molecule has 0 saturated heterocycles. The molecule has 1 aromatic rings. The van der Waals surface area contributed by atoms with E-state index in [4.69, 9.17) is 5.11 Å².